The van der Waals surface area contributed by atoms with Gasteiger partial charge in [0.25, 0.3) is 6.29 Å². The third-order valence-corrected chi connectivity index (χ3v) is 7.76. The van der Waals surface area contributed by atoms with Gasteiger partial charge >= 0.3 is 42.7 Å². The van der Waals surface area contributed by atoms with E-state index in [0.717, 1.165) is 13.0 Å². The highest BCUT2D eigenvalue weighted by Gasteiger charge is 2.51. The highest BCUT2D eigenvalue weighted by molar-refractivity contribution is 7.83. The number of rotatable bonds is 16. The Kier molecular flexibility index (Phi) is 12.6. The number of carboxylic acid groups (broad SMARTS) is 1. The highest BCUT2D eigenvalue weighted by atomic mass is 32.3. The van der Waals surface area contributed by atoms with Gasteiger partial charge in [-0.05, 0) is 31.5 Å². The number of hydrogen-bond acceptors (Lipinski definition) is 18. The smallest absolute Gasteiger partial charge is 0.397 e. The average Bonchev–Trinajstić information content (AvgIpc) is 2.91. The minimum Gasteiger partial charge on any atom is -0.479 e. The van der Waals surface area contributed by atoms with Crippen LogP contribution < -0.4 is 15.1 Å². The summed E-state index contributed by atoms with van der Waals surface area (Å²) in [7, 11) is -16.2. The van der Waals surface area contributed by atoms with Crippen LogP contribution in [0.4, 0.5) is 0 Å². The molecule has 2 heterocycles. The molecule has 48 heavy (non-hydrogen) atoms. The first-order valence-electron chi connectivity index (χ1n) is 12.9. The Morgan fingerprint density at radius 2 is 1.69 bits per heavy atom. The molecular formula is C22H29NO22S3. The van der Waals surface area contributed by atoms with E-state index in [1.54, 1.807) is 6.92 Å². The van der Waals surface area contributed by atoms with Crippen LogP contribution in [0.25, 0.3) is 11.0 Å². The summed E-state index contributed by atoms with van der Waals surface area (Å²) in [6, 6.07) is 2.67. The van der Waals surface area contributed by atoms with E-state index in [4.69, 9.17) is 27.9 Å². The number of nitrogens with one attached hydrogen (secondary N) is 1. The van der Waals surface area contributed by atoms with Crippen molar-refractivity contribution < 1.29 is 95.9 Å². The summed E-state index contributed by atoms with van der Waals surface area (Å²) in [4.78, 5) is 23.9. The lowest BCUT2D eigenvalue weighted by atomic mass is 9.97. The molecule has 0 amide bonds. The first kappa shape index (κ1) is 39.5. The van der Waals surface area contributed by atoms with Crippen molar-refractivity contribution >= 4 is 48.0 Å². The summed E-state index contributed by atoms with van der Waals surface area (Å²) in [5, 5.41) is 40.6. The van der Waals surface area contributed by atoms with Gasteiger partial charge in [-0.15, -0.1) is 0 Å². The van der Waals surface area contributed by atoms with E-state index in [0.29, 0.717) is 10.9 Å². The Bertz CT molecular complexity index is 1840. The third-order valence-electron chi connectivity index (χ3n) is 6.29. The number of carboxylic acids is 1. The van der Waals surface area contributed by atoms with Gasteiger partial charge in [-0.2, -0.15) is 30.0 Å². The van der Waals surface area contributed by atoms with Crippen molar-refractivity contribution in [1.82, 2.24) is 4.72 Å². The van der Waals surface area contributed by atoms with E-state index in [-0.39, 0.29) is 11.3 Å². The molecule has 8 atom stereocenters. The van der Waals surface area contributed by atoms with Crippen LogP contribution in [0.3, 0.4) is 0 Å². The number of aryl methyl sites for hydroxylation is 1. The molecule has 1 aromatic carbocycles. The standard InChI is InChI=1S/C22H29NO22S3/c1-8-5-14(24)42-12-6-10(3-4-11(8)12)41-22(20(28)29)44-17(19(26)27)9(2)40-21-15(23-46(30,31)32)18(45-48(36,37)38)16(25)13(43-21)7-39-47(33,34)35/h3-6,9,13,15-18,20-23,25,28-29H,7H2,1-2H3,(H,26,27)(H,30,31,32)(H,33,34,35)(H,36,37,38)/t9-,13?,15?,16?,17?,18?,21?,22?/m0/s1. The maximum absolute atomic E-state index is 12.2. The molecule has 272 valence electrons. The predicted octanol–water partition coefficient (Wildman–Crippen LogP) is -3.15. The Morgan fingerprint density at radius 1 is 1.04 bits per heavy atom. The largest absolute Gasteiger partial charge is 0.479 e. The summed E-state index contributed by atoms with van der Waals surface area (Å²) in [5.41, 5.74) is -0.201. The summed E-state index contributed by atoms with van der Waals surface area (Å²) in [5.74, 6) is -2.12. The van der Waals surface area contributed by atoms with Crippen LogP contribution in [-0.2, 0) is 58.5 Å². The molecule has 0 aliphatic carbocycles. The lowest BCUT2D eigenvalue weighted by Gasteiger charge is -2.44. The number of benzene rings is 1. The third kappa shape index (κ3) is 11.3. The molecular weight excluding hydrogens is 726 g/mol. The minimum atomic E-state index is -5.58. The predicted molar refractivity (Wildman–Crippen MR) is 150 cm³/mol. The van der Waals surface area contributed by atoms with E-state index in [9.17, 15) is 64.4 Å². The summed E-state index contributed by atoms with van der Waals surface area (Å²) < 4.78 is 132. The minimum absolute atomic E-state index is 0.00150. The lowest BCUT2D eigenvalue weighted by molar-refractivity contribution is -0.295. The van der Waals surface area contributed by atoms with Gasteiger partial charge in [0, 0.05) is 17.5 Å². The maximum Gasteiger partial charge on any atom is 0.397 e. The molecule has 26 heteroatoms. The molecule has 0 saturated carbocycles. The van der Waals surface area contributed by atoms with Crippen LogP contribution in [0, 0.1) is 6.92 Å². The fourth-order valence-corrected chi connectivity index (χ4v) is 5.75. The van der Waals surface area contributed by atoms with E-state index in [2.05, 4.69) is 8.37 Å². The van der Waals surface area contributed by atoms with Crippen molar-refractivity contribution in [2.45, 2.75) is 69.3 Å². The summed E-state index contributed by atoms with van der Waals surface area (Å²) in [6.07, 6.45) is -18.5. The summed E-state index contributed by atoms with van der Waals surface area (Å²) >= 11 is 0. The number of hydrogen-bond donors (Lipinski definition) is 8. The zero-order chi connectivity index (χ0) is 36.4. The Labute approximate surface area is 270 Å². The molecule has 1 aromatic heterocycles. The highest BCUT2D eigenvalue weighted by Crippen LogP contribution is 2.29. The monoisotopic (exact) mass is 755 g/mol. The van der Waals surface area contributed by atoms with Gasteiger partial charge in [-0.25, -0.2) is 18.0 Å². The molecule has 7 unspecified atom stereocenters. The normalized spacial score (nSPS) is 24.3. The van der Waals surface area contributed by atoms with Gasteiger partial charge in [0.15, 0.2) is 12.4 Å². The molecule has 3 rings (SSSR count). The molecule has 0 spiro atoms. The average molecular weight is 756 g/mol. The fraction of sp³-hybridized carbons (Fsp3) is 0.545. The Hall–Kier alpha value is -2.93. The quantitative estimate of drug-likeness (QED) is 0.0476. The van der Waals surface area contributed by atoms with Crippen molar-refractivity contribution in [1.29, 1.82) is 0 Å². The number of ether oxygens (including phenoxy) is 4. The Balaban J connectivity index is 1.94. The second-order valence-electron chi connectivity index (χ2n) is 9.90. The molecule has 8 N–H and O–H groups in total. The molecule has 1 aliphatic heterocycles. The van der Waals surface area contributed by atoms with Crippen LogP contribution in [0.2, 0.25) is 0 Å². The number of aliphatic hydroxyl groups is 3. The fourth-order valence-electron chi connectivity index (χ4n) is 4.34. The van der Waals surface area contributed by atoms with Gasteiger partial charge in [-0.1, -0.05) is 0 Å². The van der Waals surface area contributed by atoms with Gasteiger partial charge in [0.1, 0.15) is 35.7 Å². The van der Waals surface area contributed by atoms with E-state index < -0.39 is 105 Å². The van der Waals surface area contributed by atoms with Crippen LogP contribution >= 0.6 is 0 Å². The second-order valence-corrected chi connectivity index (χ2v) is 13.2. The molecule has 0 radical (unpaired) electrons. The topological polar surface area (TPSA) is 359 Å². The Morgan fingerprint density at radius 3 is 2.23 bits per heavy atom. The van der Waals surface area contributed by atoms with E-state index in [1.807, 2.05) is 0 Å². The number of aliphatic carboxylic acids is 1. The molecule has 0 bridgehead atoms. The van der Waals surface area contributed by atoms with Crippen molar-refractivity contribution in [2.24, 2.45) is 0 Å². The zero-order valence-corrected chi connectivity index (χ0v) is 26.6. The van der Waals surface area contributed by atoms with Gasteiger partial charge < -0.3 is 43.8 Å². The first-order valence-corrected chi connectivity index (χ1v) is 17.1. The van der Waals surface area contributed by atoms with Crippen molar-refractivity contribution in [2.75, 3.05) is 6.61 Å². The molecule has 1 fully saturated rings. The van der Waals surface area contributed by atoms with Crippen molar-refractivity contribution in [3.05, 3.63) is 40.2 Å². The van der Waals surface area contributed by atoms with Crippen LogP contribution in [0.15, 0.2) is 33.5 Å². The SMILES string of the molecule is Cc1cc(=O)oc2cc(OC(OC(C(=O)O)[C@H](C)OC3OC(COS(=O)(=O)O)C(O)C(OS(=O)(=O)O)C3NS(=O)(=O)O)C(O)O)ccc12. The maximum atomic E-state index is 12.2. The number of aliphatic hydroxyl groups excluding tert-OH is 2. The second kappa shape index (κ2) is 15.3. The molecule has 2 aromatic rings. The van der Waals surface area contributed by atoms with E-state index >= 15 is 0 Å². The van der Waals surface area contributed by atoms with Crippen molar-refractivity contribution in [3.63, 3.8) is 0 Å². The first-order chi connectivity index (χ1) is 21.9. The molecule has 23 nitrogen and oxygen atoms in total. The number of carbonyl (C=O) groups is 1. The lowest BCUT2D eigenvalue weighted by Crippen LogP contribution is -2.66. The summed E-state index contributed by atoms with van der Waals surface area (Å²) in [6.45, 7) is 1.18. The van der Waals surface area contributed by atoms with E-state index in [1.165, 1.54) is 22.9 Å². The van der Waals surface area contributed by atoms with Gasteiger partial charge in [0.2, 0.25) is 6.29 Å². The van der Waals surface area contributed by atoms with Crippen LogP contribution in [0.1, 0.15) is 12.5 Å². The van der Waals surface area contributed by atoms with Gasteiger partial charge in [0.05, 0.1) is 12.7 Å². The van der Waals surface area contributed by atoms with Crippen LogP contribution in [-0.4, -0.2) is 127 Å². The van der Waals surface area contributed by atoms with Crippen LogP contribution in [0.5, 0.6) is 5.75 Å². The zero-order valence-electron chi connectivity index (χ0n) is 24.2. The number of fused-ring (bicyclic) bond motifs is 1. The van der Waals surface area contributed by atoms with Crippen molar-refractivity contribution in [3.8, 4) is 5.75 Å². The molecule has 1 aliphatic rings. The van der Waals surface area contributed by atoms with Gasteiger partial charge in [-0.3, -0.25) is 13.7 Å². The molecule has 1 saturated heterocycles.